The topological polar surface area (TPSA) is 23.5 Å². The molecule has 0 saturated heterocycles. The molecule has 0 heterocycles. The highest BCUT2D eigenvalue weighted by molar-refractivity contribution is 4.99. The zero-order valence-electron chi connectivity index (χ0n) is 8.79. The molecule has 0 aromatic heterocycles. The number of nitrogens with zero attached hydrogens (tertiary/aromatic N) is 1. The predicted octanol–water partition coefficient (Wildman–Crippen LogP) is 1.77. The molecule has 2 aliphatic rings. The highest BCUT2D eigenvalue weighted by atomic mass is 16.3. The van der Waals surface area contributed by atoms with E-state index in [-0.39, 0.29) is 0 Å². The van der Waals surface area contributed by atoms with Gasteiger partial charge in [-0.2, -0.15) is 0 Å². The van der Waals surface area contributed by atoms with Gasteiger partial charge in [0.25, 0.3) is 0 Å². The van der Waals surface area contributed by atoms with Crippen LogP contribution in [-0.4, -0.2) is 34.2 Å². The summed E-state index contributed by atoms with van der Waals surface area (Å²) < 4.78 is 0. The van der Waals surface area contributed by atoms with Gasteiger partial charge in [-0.3, -0.25) is 4.90 Å². The lowest BCUT2D eigenvalue weighted by Crippen LogP contribution is -2.48. The number of hydrogen-bond acceptors (Lipinski definition) is 2. The van der Waals surface area contributed by atoms with Crippen molar-refractivity contribution in [3.8, 4) is 0 Å². The van der Waals surface area contributed by atoms with Crippen LogP contribution in [0.3, 0.4) is 0 Å². The molecule has 0 bridgehead atoms. The Kier molecular flexibility index (Phi) is 2.37. The maximum atomic E-state index is 10.2. The first-order valence-electron chi connectivity index (χ1n) is 5.63. The Morgan fingerprint density at radius 2 is 2.08 bits per heavy atom. The molecule has 2 nitrogen and oxygen atoms in total. The first-order valence-corrected chi connectivity index (χ1v) is 5.63. The van der Waals surface area contributed by atoms with E-state index in [1.165, 1.54) is 25.7 Å². The van der Waals surface area contributed by atoms with Crippen LogP contribution in [0.2, 0.25) is 0 Å². The van der Waals surface area contributed by atoms with Gasteiger partial charge in [-0.15, -0.1) is 0 Å². The lowest BCUT2D eigenvalue weighted by atomic mass is 9.99. The lowest BCUT2D eigenvalue weighted by molar-refractivity contribution is -0.0146. The SMILES string of the molecule is CCN(C1CC1)C1CCCC1(C)O. The maximum absolute atomic E-state index is 10.2. The van der Waals surface area contributed by atoms with Gasteiger partial charge in [0.2, 0.25) is 0 Å². The van der Waals surface area contributed by atoms with Crippen LogP contribution in [0.25, 0.3) is 0 Å². The molecular weight excluding hydrogens is 162 g/mol. The summed E-state index contributed by atoms with van der Waals surface area (Å²) in [6.07, 6.45) is 6.07. The van der Waals surface area contributed by atoms with Crippen LogP contribution in [0.1, 0.15) is 46.0 Å². The third-order valence-electron chi connectivity index (χ3n) is 3.66. The molecule has 0 radical (unpaired) electrons. The fourth-order valence-electron chi connectivity index (χ4n) is 2.79. The molecule has 2 aliphatic carbocycles. The minimum Gasteiger partial charge on any atom is -0.389 e. The van der Waals surface area contributed by atoms with Gasteiger partial charge in [0, 0.05) is 12.1 Å². The smallest absolute Gasteiger partial charge is 0.0774 e. The van der Waals surface area contributed by atoms with Crippen molar-refractivity contribution in [3.05, 3.63) is 0 Å². The van der Waals surface area contributed by atoms with E-state index in [9.17, 15) is 5.11 Å². The quantitative estimate of drug-likeness (QED) is 0.721. The number of aliphatic hydroxyl groups is 1. The summed E-state index contributed by atoms with van der Waals surface area (Å²) in [4.78, 5) is 2.52. The van der Waals surface area contributed by atoms with Gasteiger partial charge >= 0.3 is 0 Å². The molecule has 1 N–H and O–H groups in total. The number of rotatable bonds is 3. The lowest BCUT2D eigenvalue weighted by Gasteiger charge is -2.36. The van der Waals surface area contributed by atoms with Gasteiger partial charge in [0.15, 0.2) is 0 Å². The zero-order valence-corrected chi connectivity index (χ0v) is 8.79. The first kappa shape index (κ1) is 9.47. The second-order valence-corrected chi connectivity index (χ2v) is 4.83. The third-order valence-corrected chi connectivity index (χ3v) is 3.66. The summed E-state index contributed by atoms with van der Waals surface area (Å²) in [7, 11) is 0. The molecule has 2 saturated carbocycles. The Labute approximate surface area is 80.9 Å². The van der Waals surface area contributed by atoms with Gasteiger partial charge in [-0.05, 0) is 45.6 Å². The molecule has 76 valence electrons. The number of likely N-dealkylation sites (N-methyl/N-ethyl adjacent to an activating group) is 1. The summed E-state index contributed by atoms with van der Waals surface area (Å²) in [5, 5.41) is 10.2. The second kappa shape index (κ2) is 3.25. The Morgan fingerprint density at radius 1 is 1.38 bits per heavy atom. The Balaban J connectivity index is 2.04. The fraction of sp³-hybridized carbons (Fsp3) is 1.00. The molecule has 2 fully saturated rings. The second-order valence-electron chi connectivity index (χ2n) is 4.83. The highest BCUT2D eigenvalue weighted by Crippen LogP contribution is 2.38. The molecule has 0 spiro atoms. The molecule has 2 rings (SSSR count). The van der Waals surface area contributed by atoms with Crippen molar-refractivity contribution < 1.29 is 5.11 Å². The Bertz CT molecular complexity index is 187. The van der Waals surface area contributed by atoms with Crippen LogP contribution in [0.15, 0.2) is 0 Å². The Hall–Kier alpha value is -0.0800. The first-order chi connectivity index (χ1) is 6.15. The molecular formula is C11H21NO. The fourth-order valence-corrected chi connectivity index (χ4v) is 2.79. The average molecular weight is 183 g/mol. The van der Waals surface area contributed by atoms with E-state index in [0.717, 1.165) is 19.0 Å². The summed E-state index contributed by atoms with van der Waals surface area (Å²) in [6, 6.07) is 1.23. The van der Waals surface area contributed by atoms with Crippen molar-refractivity contribution in [2.24, 2.45) is 0 Å². The van der Waals surface area contributed by atoms with Crippen molar-refractivity contribution in [1.82, 2.24) is 4.90 Å². The molecule has 13 heavy (non-hydrogen) atoms. The normalized spacial score (nSPS) is 40.2. The van der Waals surface area contributed by atoms with Crippen molar-refractivity contribution >= 4 is 0 Å². The van der Waals surface area contributed by atoms with E-state index in [0.29, 0.717) is 6.04 Å². The molecule has 0 amide bonds. The van der Waals surface area contributed by atoms with E-state index < -0.39 is 5.60 Å². The Morgan fingerprint density at radius 3 is 2.46 bits per heavy atom. The van der Waals surface area contributed by atoms with E-state index in [1.54, 1.807) is 0 Å². The maximum Gasteiger partial charge on any atom is 0.0774 e. The largest absolute Gasteiger partial charge is 0.389 e. The summed E-state index contributed by atoms with van der Waals surface area (Å²) in [5.74, 6) is 0. The van der Waals surface area contributed by atoms with Crippen LogP contribution >= 0.6 is 0 Å². The molecule has 0 aromatic rings. The molecule has 0 aliphatic heterocycles. The average Bonchev–Trinajstić information content (AvgIpc) is 2.81. The minimum atomic E-state index is -0.418. The van der Waals surface area contributed by atoms with Crippen LogP contribution < -0.4 is 0 Å². The summed E-state index contributed by atoms with van der Waals surface area (Å²) in [5.41, 5.74) is -0.418. The van der Waals surface area contributed by atoms with Gasteiger partial charge in [-0.1, -0.05) is 6.92 Å². The zero-order chi connectivity index (χ0) is 9.47. The predicted molar refractivity (Wildman–Crippen MR) is 53.7 cm³/mol. The number of hydrogen-bond donors (Lipinski definition) is 1. The minimum absolute atomic E-state index is 0.418. The highest BCUT2D eigenvalue weighted by Gasteiger charge is 2.44. The van der Waals surface area contributed by atoms with Gasteiger partial charge in [0.05, 0.1) is 5.60 Å². The van der Waals surface area contributed by atoms with Crippen molar-refractivity contribution in [3.63, 3.8) is 0 Å². The summed E-state index contributed by atoms with van der Waals surface area (Å²) >= 11 is 0. The van der Waals surface area contributed by atoms with E-state index >= 15 is 0 Å². The van der Waals surface area contributed by atoms with Gasteiger partial charge in [-0.25, -0.2) is 0 Å². The summed E-state index contributed by atoms with van der Waals surface area (Å²) in [6.45, 7) is 5.33. The van der Waals surface area contributed by atoms with Gasteiger partial charge in [0.1, 0.15) is 0 Å². The standard InChI is InChI=1S/C11H21NO/c1-3-12(9-6-7-9)10-5-4-8-11(10,2)13/h9-10,13H,3-8H2,1-2H3. The van der Waals surface area contributed by atoms with Crippen LogP contribution in [0, 0.1) is 0 Å². The van der Waals surface area contributed by atoms with Crippen molar-refractivity contribution in [1.29, 1.82) is 0 Å². The molecule has 2 heteroatoms. The van der Waals surface area contributed by atoms with Gasteiger partial charge < -0.3 is 5.11 Å². The van der Waals surface area contributed by atoms with E-state index in [4.69, 9.17) is 0 Å². The van der Waals surface area contributed by atoms with E-state index in [1.807, 2.05) is 6.92 Å². The molecule has 2 unspecified atom stereocenters. The van der Waals surface area contributed by atoms with E-state index in [2.05, 4.69) is 11.8 Å². The van der Waals surface area contributed by atoms with Crippen molar-refractivity contribution in [2.75, 3.05) is 6.54 Å². The van der Waals surface area contributed by atoms with Crippen LogP contribution in [0.5, 0.6) is 0 Å². The van der Waals surface area contributed by atoms with Crippen LogP contribution in [-0.2, 0) is 0 Å². The van der Waals surface area contributed by atoms with Crippen molar-refractivity contribution in [2.45, 2.75) is 63.6 Å². The molecule has 0 aromatic carbocycles. The molecule has 2 atom stereocenters. The third kappa shape index (κ3) is 1.75. The van der Waals surface area contributed by atoms with Crippen LogP contribution in [0.4, 0.5) is 0 Å². The monoisotopic (exact) mass is 183 g/mol.